The number of urea groups is 1. The SMILES string of the molecule is O=C(N1CCOCC1)N(CC1CCCNC1)C1CC1. The molecular formula is C14H25N3O2. The number of hydrogen-bond acceptors (Lipinski definition) is 3. The molecule has 0 bridgehead atoms. The van der Waals surface area contributed by atoms with Crippen LogP contribution in [0.25, 0.3) is 0 Å². The first-order chi connectivity index (χ1) is 9.34. The fourth-order valence-corrected chi connectivity index (χ4v) is 3.06. The monoisotopic (exact) mass is 267 g/mol. The molecule has 1 unspecified atom stereocenters. The zero-order valence-electron chi connectivity index (χ0n) is 11.6. The Balaban J connectivity index is 1.57. The van der Waals surface area contributed by atoms with E-state index in [9.17, 15) is 4.79 Å². The van der Waals surface area contributed by atoms with Crippen molar-refractivity contribution in [1.29, 1.82) is 0 Å². The van der Waals surface area contributed by atoms with Gasteiger partial charge in [0.1, 0.15) is 0 Å². The van der Waals surface area contributed by atoms with Crippen molar-refractivity contribution in [2.24, 2.45) is 5.92 Å². The van der Waals surface area contributed by atoms with E-state index in [2.05, 4.69) is 10.2 Å². The maximum Gasteiger partial charge on any atom is 0.320 e. The molecule has 0 aromatic heterocycles. The van der Waals surface area contributed by atoms with Crippen LogP contribution in [0.1, 0.15) is 25.7 Å². The summed E-state index contributed by atoms with van der Waals surface area (Å²) in [5, 5.41) is 3.45. The molecule has 3 fully saturated rings. The zero-order chi connectivity index (χ0) is 13.1. The third-order valence-corrected chi connectivity index (χ3v) is 4.37. The Kier molecular flexibility index (Phi) is 4.23. The number of carbonyl (C=O) groups excluding carboxylic acids is 1. The molecule has 0 radical (unpaired) electrons. The molecule has 2 saturated heterocycles. The quantitative estimate of drug-likeness (QED) is 0.826. The second kappa shape index (κ2) is 6.09. The van der Waals surface area contributed by atoms with Gasteiger partial charge in [-0.05, 0) is 44.7 Å². The minimum Gasteiger partial charge on any atom is -0.378 e. The molecule has 108 valence electrons. The van der Waals surface area contributed by atoms with Gasteiger partial charge in [0.2, 0.25) is 0 Å². The predicted molar refractivity (Wildman–Crippen MR) is 73.1 cm³/mol. The summed E-state index contributed by atoms with van der Waals surface area (Å²) in [5.41, 5.74) is 0. The normalized spacial score (nSPS) is 28.2. The molecule has 2 heterocycles. The van der Waals surface area contributed by atoms with Crippen LogP contribution >= 0.6 is 0 Å². The highest BCUT2D eigenvalue weighted by Crippen LogP contribution is 2.29. The van der Waals surface area contributed by atoms with E-state index in [1.807, 2.05) is 4.90 Å². The molecule has 3 aliphatic rings. The highest BCUT2D eigenvalue weighted by molar-refractivity contribution is 5.75. The molecule has 1 atom stereocenters. The number of rotatable bonds is 3. The van der Waals surface area contributed by atoms with Crippen LogP contribution in [0.2, 0.25) is 0 Å². The van der Waals surface area contributed by atoms with Crippen LogP contribution < -0.4 is 5.32 Å². The van der Waals surface area contributed by atoms with E-state index in [-0.39, 0.29) is 6.03 Å². The van der Waals surface area contributed by atoms with E-state index < -0.39 is 0 Å². The van der Waals surface area contributed by atoms with Crippen LogP contribution in [0.4, 0.5) is 4.79 Å². The van der Waals surface area contributed by atoms with Gasteiger partial charge in [0.05, 0.1) is 13.2 Å². The summed E-state index contributed by atoms with van der Waals surface area (Å²) < 4.78 is 5.33. The van der Waals surface area contributed by atoms with Gasteiger partial charge in [0.15, 0.2) is 0 Å². The van der Waals surface area contributed by atoms with Crippen LogP contribution in [0.5, 0.6) is 0 Å². The van der Waals surface area contributed by atoms with Crippen LogP contribution in [0, 0.1) is 5.92 Å². The predicted octanol–water partition coefficient (Wildman–Crippen LogP) is 0.903. The number of ether oxygens (including phenoxy) is 1. The van der Waals surface area contributed by atoms with Gasteiger partial charge in [-0.1, -0.05) is 0 Å². The molecular weight excluding hydrogens is 242 g/mol. The lowest BCUT2D eigenvalue weighted by atomic mass is 9.99. The van der Waals surface area contributed by atoms with Crippen molar-refractivity contribution in [1.82, 2.24) is 15.1 Å². The number of nitrogens with zero attached hydrogens (tertiary/aromatic N) is 2. The Labute approximate surface area is 115 Å². The summed E-state index contributed by atoms with van der Waals surface area (Å²) in [7, 11) is 0. The molecule has 0 aromatic rings. The van der Waals surface area contributed by atoms with Gasteiger partial charge in [-0.25, -0.2) is 4.79 Å². The molecule has 5 nitrogen and oxygen atoms in total. The number of carbonyl (C=O) groups is 1. The molecule has 5 heteroatoms. The number of nitrogens with one attached hydrogen (secondary N) is 1. The van der Waals surface area contributed by atoms with Gasteiger partial charge in [-0.15, -0.1) is 0 Å². The van der Waals surface area contributed by atoms with E-state index in [1.165, 1.54) is 25.7 Å². The summed E-state index contributed by atoms with van der Waals surface area (Å²) in [5.74, 6) is 0.638. The highest BCUT2D eigenvalue weighted by Gasteiger charge is 2.36. The van der Waals surface area contributed by atoms with E-state index in [0.717, 1.165) is 32.7 Å². The summed E-state index contributed by atoms with van der Waals surface area (Å²) in [6.45, 7) is 6.03. The van der Waals surface area contributed by atoms with Gasteiger partial charge in [-0.3, -0.25) is 0 Å². The smallest absolute Gasteiger partial charge is 0.320 e. The fraction of sp³-hybridized carbons (Fsp3) is 0.929. The average molecular weight is 267 g/mol. The Morgan fingerprint density at radius 2 is 2.05 bits per heavy atom. The molecule has 3 rings (SSSR count). The summed E-state index contributed by atoms with van der Waals surface area (Å²) in [4.78, 5) is 16.7. The van der Waals surface area contributed by atoms with Gasteiger partial charge in [0, 0.05) is 25.7 Å². The Morgan fingerprint density at radius 3 is 2.68 bits per heavy atom. The lowest BCUT2D eigenvalue weighted by Gasteiger charge is -2.36. The summed E-state index contributed by atoms with van der Waals surface area (Å²) in [6, 6.07) is 0.758. The average Bonchev–Trinajstić information content (AvgIpc) is 3.31. The zero-order valence-corrected chi connectivity index (χ0v) is 11.6. The third kappa shape index (κ3) is 3.39. The van der Waals surface area contributed by atoms with Crippen molar-refractivity contribution >= 4 is 6.03 Å². The number of piperidine rings is 1. The number of amides is 2. The van der Waals surface area contributed by atoms with Crippen molar-refractivity contribution in [3.05, 3.63) is 0 Å². The topological polar surface area (TPSA) is 44.8 Å². The molecule has 0 spiro atoms. The van der Waals surface area contributed by atoms with Gasteiger partial charge >= 0.3 is 6.03 Å². The van der Waals surface area contributed by atoms with Crippen molar-refractivity contribution in [2.75, 3.05) is 45.9 Å². The second-order valence-corrected chi connectivity index (χ2v) is 5.98. The molecule has 1 saturated carbocycles. The van der Waals surface area contributed by atoms with E-state index in [0.29, 0.717) is 25.2 Å². The standard InChI is InChI=1S/C14H25N3O2/c18-14(16-6-8-19-9-7-16)17(13-3-4-13)11-12-2-1-5-15-10-12/h12-13,15H,1-11H2. The van der Waals surface area contributed by atoms with Gasteiger partial charge < -0.3 is 19.9 Å². The van der Waals surface area contributed by atoms with Crippen molar-refractivity contribution in [3.63, 3.8) is 0 Å². The lowest BCUT2D eigenvalue weighted by molar-refractivity contribution is 0.0407. The van der Waals surface area contributed by atoms with Crippen LogP contribution in [-0.2, 0) is 4.74 Å². The van der Waals surface area contributed by atoms with Crippen molar-refractivity contribution in [3.8, 4) is 0 Å². The first-order valence-corrected chi connectivity index (χ1v) is 7.68. The highest BCUT2D eigenvalue weighted by atomic mass is 16.5. The summed E-state index contributed by atoms with van der Waals surface area (Å²) >= 11 is 0. The van der Waals surface area contributed by atoms with Crippen LogP contribution in [0.3, 0.4) is 0 Å². The molecule has 1 N–H and O–H groups in total. The maximum atomic E-state index is 12.6. The molecule has 2 amide bonds. The largest absolute Gasteiger partial charge is 0.378 e. The molecule has 1 aliphatic carbocycles. The maximum absolute atomic E-state index is 12.6. The van der Waals surface area contributed by atoms with Gasteiger partial charge in [0.25, 0.3) is 0 Å². The first-order valence-electron chi connectivity index (χ1n) is 7.68. The molecule has 2 aliphatic heterocycles. The van der Waals surface area contributed by atoms with E-state index >= 15 is 0 Å². The van der Waals surface area contributed by atoms with E-state index in [4.69, 9.17) is 4.74 Å². The van der Waals surface area contributed by atoms with E-state index in [1.54, 1.807) is 0 Å². The third-order valence-electron chi connectivity index (χ3n) is 4.37. The minimum absolute atomic E-state index is 0.247. The number of hydrogen-bond donors (Lipinski definition) is 1. The Bertz CT molecular complexity index is 308. The first kappa shape index (κ1) is 13.2. The molecule has 19 heavy (non-hydrogen) atoms. The van der Waals surface area contributed by atoms with Crippen LogP contribution in [0.15, 0.2) is 0 Å². The lowest BCUT2D eigenvalue weighted by Crippen LogP contribution is -2.51. The summed E-state index contributed by atoms with van der Waals surface area (Å²) in [6.07, 6.45) is 4.88. The second-order valence-electron chi connectivity index (χ2n) is 5.98. The van der Waals surface area contributed by atoms with Gasteiger partial charge in [-0.2, -0.15) is 0 Å². The molecule has 0 aromatic carbocycles. The fourth-order valence-electron chi connectivity index (χ4n) is 3.06. The van der Waals surface area contributed by atoms with Crippen LogP contribution in [-0.4, -0.2) is 67.8 Å². The minimum atomic E-state index is 0.247. The van der Waals surface area contributed by atoms with Crippen molar-refractivity contribution in [2.45, 2.75) is 31.7 Å². The van der Waals surface area contributed by atoms with Crippen molar-refractivity contribution < 1.29 is 9.53 Å². The Morgan fingerprint density at radius 1 is 1.26 bits per heavy atom. The number of morpholine rings is 1. The Hall–Kier alpha value is -0.810.